The van der Waals surface area contributed by atoms with E-state index in [1.165, 1.54) is 45.4 Å². The maximum atomic E-state index is 3.59. The number of nitrogens with one attached hydrogen (secondary N) is 2. The molecule has 90 valence electrons. The summed E-state index contributed by atoms with van der Waals surface area (Å²) in [6.45, 7) is 11.8. The van der Waals surface area contributed by atoms with Crippen molar-refractivity contribution < 1.29 is 0 Å². The first-order valence-corrected chi connectivity index (χ1v) is 6.61. The van der Waals surface area contributed by atoms with Gasteiger partial charge >= 0.3 is 0 Å². The van der Waals surface area contributed by atoms with Gasteiger partial charge in [-0.15, -0.1) is 0 Å². The van der Waals surface area contributed by atoms with Gasteiger partial charge in [-0.1, -0.05) is 33.6 Å². The van der Waals surface area contributed by atoms with Crippen LogP contribution in [0.2, 0.25) is 0 Å². The van der Waals surface area contributed by atoms with Crippen LogP contribution >= 0.6 is 0 Å². The highest BCUT2D eigenvalue weighted by Gasteiger charge is 2.21. The second-order valence-corrected chi connectivity index (χ2v) is 5.49. The van der Waals surface area contributed by atoms with E-state index >= 15 is 0 Å². The average Bonchev–Trinajstić information content (AvgIpc) is 2.57. The fourth-order valence-corrected chi connectivity index (χ4v) is 2.23. The first-order chi connectivity index (χ1) is 7.20. The van der Waals surface area contributed by atoms with Crippen molar-refractivity contribution in [3.05, 3.63) is 0 Å². The van der Waals surface area contributed by atoms with Gasteiger partial charge in [0.05, 0.1) is 0 Å². The van der Waals surface area contributed by atoms with E-state index in [0.717, 1.165) is 17.8 Å². The van der Waals surface area contributed by atoms with Crippen LogP contribution in [0.4, 0.5) is 0 Å². The minimum absolute atomic E-state index is 0.855. The lowest BCUT2D eigenvalue weighted by Crippen LogP contribution is -2.27. The van der Waals surface area contributed by atoms with Gasteiger partial charge in [-0.3, -0.25) is 0 Å². The normalized spacial score (nSPS) is 26.4. The molecule has 0 aromatic carbocycles. The van der Waals surface area contributed by atoms with Crippen molar-refractivity contribution in [1.29, 1.82) is 0 Å². The van der Waals surface area contributed by atoms with Gasteiger partial charge in [0.25, 0.3) is 0 Å². The summed E-state index contributed by atoms with van der Waals surface area (Å²) in [7, 11) is 0. The topological polar surface area (TPSA) is 24.1 Å². The van der Waals surface area contributed by atoms with Gasteiger partial charge < -0.3 is 10.6 Å². The van der Waals surface area contributed by atoms with Crippen LogP contribution < -0.4 is 10.6 Å². The van der Waals surface area contributed by atoms with Crippen molar-refractivity contribution in [2.45, 2.75) is 40.0 Å². The number of unbranched alkanes of at least 4 members (excludes halogenated alkanes) is 1. The molecule has 1 saturated heterocycles. The van der Waals surface area contributed by atoms with E-state index in [9.17, 15) is 0 Å². The fraction of sp³-hybridized carbons (Fsp3) is 1.00. The molecule has 0 amide bonds. The monoisotopic (exact) mass is 212 g/mol. The van der Waals surface area contributed by atoms with E-state index in [4.69, 9.17) is 0 Å². The standard InChI is InChI=1S/C13H28N2/c1-11(2)6-4-5-7-14-9-13-10-15-8-12(13)3/h11-15H,4-10H2,1-3H3. The first-order valence-electron chi connectivity index (χ1n) is 6.61. The van der Waals surface area contributed by atoms with Gasteiger partial charge in [-0.25, -0.2) is 0 Å². The predicted octanol–water partition coefficient (Wildman–Crippen LogP) is 2.26. The van der Waals surface area contributed by atoms with E-state index in [1.54, 1.807) is 0 Å². The van der Waals surface area contributed by atoms with Gasteiger partial charge in [0.2, 0.25) is 0 Å². The average molecular weight is 212 g/mol. The molecule has 1 fully saturated rings. The molecule has 1 aliphatic rings. The van der Waals surface area contributed by atoms with E-state index in [0.29, 0.717) is 0 Å². The molecule has 0 radical (unpaired) electrons. The van der Waals surface area contributed by atoms with Crippen molar-refractivity contribution in [1.82, 2.24) is 10.6 Å². The van der Waals surface area contributed by atoms with Crippen LogP contribution in [0.3, 0.4) is 0 Å². The molecule has 0 aliphatic carbocycles. The highest BCUT2D eigenvalue weighted by Crippen LogP contribution is 2.14. The van der Waals surface area contributed by atoms with Crippen LogP contribution in [0.1, 0.15) is 40.0 Å². The Bertz CT molecular complexity index is 157. The van der Waals surface area contributed by atoms with Crippen LogP contribution in [0, 0.1) is 17.8 Å². The van der Waals surface area contributed by atoms with Crippen LogP contribution in [-0.2, 0) is 0 Å². The van der Waals surface area contributed by atoms with Gasteiger partial charge in [-0.2, -0.15) is 0 Å². The predicted molar refractivity (Wildman–Crippen MR) is 67.1 cm³/mol. The summed E-state index contributed by atoms with van der Waals surface area (Å²) >= 11 is 0. The van der Waals surface area contributed by atoms with Gasteiger partial charge in [0.15, 0.2) is 0 Å². The van der Waals surface area contributed by atoms with Crippen LogP contribution in [0.15, 0.2) is 0 Å². The first kappa shape index (κ1) is 13.0. The molecular weight excluding hydrogens is 184 g/mol. The van der Waals surface area contributed by atoms with Gasteiger partial charge in [-0.05, 0) is 50.4 Å². The Morgan fingerprint density at radius 1 is 1.27 bits per heavy atom. The molecule has 2 nitrogen and oxygen atoms in total. The summed E-state index contributed by atoms with van der Waals surface area (Å²) in [5.41, 5.74) is 0. The summed E-state index contributed by atoms with van der Waals surface area (Å²) in [5.74, 6) is 2.58. The van der Waals surface area contributed by atoms with Crippen molar-refractivity contribution in [3.63, 3.8) is 0 Å². The molecule has 1 heterocycles. The van der Waals surface area contributed by atoms with Crippen LogP contribution in [0.25, 0.3) is 0 Å². The number of rotatable bonds is 7. The van der Waals surface area contributed by atoms with Crippen LogP contribution in [0.5, 0.6) is 0 Å². The van der Waals surface area contributed by atoms with Crippen molar-refractivity contribution in [2.75, 3.05) is 26.2 Å². The van der Waals surface area contributed by atoms with E-state index in [1.807, 2.05) is 0 Å². The summed E-state index contributed by atoms with van der Waals surface area (Å²) < 4.78 is 0. The minimum Gasteiger partial charge on any atom is -0.316 e. The molecule has 15 heavy (non-hydrogen) atoms. The maximum Gasteiger partial charge on any atom is -0.000523 e. The lowest BCUT2D eigenvalue weighted by molar-refractivity contribution is 0.414. The Hall–Kier alpha value is -0.0800. The Morgan fingerprint density at radius 3 is 2.67 bits per heavy atom. The summed E-state index contributed by atoms with van der Waals surface area (Å²) in [5, 5.41) is 7.04. The third-order valence-corrected chi connectivity index (χ3v) is 3.47. The Labute approximate surface area is 95.2 Å². The van der Waals surface area contributed by atoms with Crippen molar-refractivity contribution >= 4 is 0 Å². The Morgan fingerprint density at radius 2 is 2.07 bits per heavy atom. The molecule has 1 rings (SSSR count). The highest BCUT2D eigenvalue weighted by molar-refractivity contribution is 4.79. The molecule has 2 N–H and O–H groups in total. The molecule has 0 bridgehead atoms. The van der Waals surface area contributed by atoms with Gasteiger partial charge in [0, 0.05) is 0 Å². The Balaban J connectivity index is 1.88. The minimum atomic E-state index is 0.855. The van der Waals surface area contributed by atoms with Crippen LogP contribution in [-0.4, -0.2) is 26.2 Å². The highest BCUT2D eigenvalue weighted by atomic mass is 14.9. The molecule has 0 aromatic heterocycles. The van der Waals surface area contributed by atoms with Crippen molar-refractivity contribution in [2.24, 2.45) is 17.8 Å². The fourth-order valence-electron chi connectivity index (χ4n) is 2.23. The van der Waals surface area contributed by atoms with Crippen molar-refractivity contribution in [3.8, 4) is 0 Å². The summed E-state index contributed by atoms with van der Waals surface area (Å²) in [4.78, 5) is 0. The Kier molecular flexibility index (Phi) is 6.26. The zero-order chi connectivity index (χ0) is 11.1. The third-order valence-electron chi connectivity index (χ3n) is 3.47. The molecule has 0 saturated carbocycles. The maximum absolute atomic E-state index is 3.59. The zero-order valence-corrected chi connectivity index (χ0v) is 10.7. The molecule has 1 aliphatic heterocycles. The molecule has 2 atom stereocenters. The number of hydrogen-bond acceptors (Lipinski definition) is 2. The SMILES string of the molecule is CC(C)CCCCNCC1CNCC1C. The smallest absolute Gasteiger partial charge is 0.000523 e. The summed E-state index contributed by atoms with van der Waals surface area (Å²) in [6, 6.07) is 0. The van der Waals surface area contributed by atoms with Gasteiger partial charge in [0.1, 0.15) is 0 Å². The summed E-state index contributed by atoms with van der Waals surface area (Å²) in [6.07, 6.45) is 4.10. The molecular formula is C13H28N2. The third kappa shape index (κ3) is 5.53. The lowest BCUT2D eigenvalue weighted by atomic mass is 9.98. The molecule has 0 aromatic rings. The molecule has 2 unspecified atom stereocenters. The van der Waals surface area contributed by atoms with E-state index < -0.39 is 0 Å². The largest absolute Gasteiger partial charge is 0.316 e. The molecule has 0 spiro atoms. The van der Waals surface area contributed by atoms with E-state index in [-0.39, 0.29) is 0 Å². The second kappa shape index (κ2) is 7.24. The second-order valence-electron chi connectivity index (χ2n) is 5.49. The quantitative estimate of drug-likeness (QED) is 0.633. The molecule has 2 heteroatoms. The van der Waals surface area contributed by atoms with E-state index in [2.05, 4.69) is 31.4 Å². The number of hydrogen-bond donors (Lipinski definition) is 2. The zero-order valence-electron chi connectivity index (χ0n) is 10.7. The lowest BCUT2D eigenvalue weighted by Gasteiger charge is -2.14.